The number of benzene rings is 1. The Morgan fingerprint density at radius 3 is 2.21 bits per heavy atom. The number of anilines is 1. The van der Waals surface area contributed by atoms with Gasteiger partial charge in [0.1, 0.15) is 5.75 Å². The third kappa shape index (κ3) is 5.67. The molecule has 1 rings (SSSR count). The van der Waals surface area contributed by atoms with Crippen molar-refractivity contribution >= 4 is 17.3 Å². The monoisotopic (exact) mass is 217 g/mol. The number of ether oxygens (including phenoxy) is 1. The minimum Gasteiger partial charge on any atom is -0.506 e. The molecule has 0 fully saturated rings. The van der Waals surface area contributed by atoms with Crippen LogP contribution in [0.2, 0.25) is 5.02 Å². The second-order valence-electron chi connectivity index (χ2n) is 2.48. The van der Waals surface area contributed by atoms with Gasteiger partial charge in [0.2, 0.25) is 0 Å². The average molecular weight is 218 g/mol. The van der Waals surface area contributed by atoms with Crippen molar-refractivity contribution < 1.29 is 9.84 Å². The van der Waals surface area contributed by atoms with Gasteiger partial charge in [0.25, 0.3) is 0 Å². The van der Waals surface area contributed by atoms with Crippen LogP contribution in [0.1, 0.15) is 13.8 Å². The summed E-state index contributed by atoms with van der Waals surface area (Å²) in [6, 6.07) is 4.53. The highest BCUT2D eigenvalue weighted by Crippen LogP contribution is 2.22. The number of hydrogen-bond donors (Lipinski definition) is 2. The lowest BCUT2D eigenvalue weighted by Gasteiger charge is -1.95. The van der Waals surface area contributed by atoms with Gasteiger partial charge in [0.15, 0.2) is 0 Å². The minimum atomic E-state index is 0.0689. The molecule has 3 nitrogen and oxygen atoms in total. The molecule has 0 atom stereocenters. The SMILES string of the molecule is CCOCC.Nc1cc(Cl)ccc1O. The van der Waals surface area contributed by atoms with Gasteiger partial charge in [-0.3, -0.25) is 0 Å². The topological polar surface area (TPSA) is 55.5 Å². The number of halogens is 1. The quantitative estimate of drug-likeness (QED) is 0.592. The lowest BCUT2D eigenvalue weighted by Crippen LogP contribution is -1.84. The summed E-state index contributed by atoms with van der Waals surface area (Å²) in [4.78, 5) is 0. The van der Waals surface area contributed by atoms with Crippen LogP contribution in [0, 0.1) is 0 Å². The third-order valence-corrected chi connectivity index (χ3v) is 1.63. The molecule has 3 N–H and O–H groups in total. The molecule has 0 unspecified atom stereocenters. The van der Waals surface area contributed by atoms with Crippen molar-refractivity contribution in [2.24, 2.45) is 0 Å². The predicted molar refractivity (Wildman–Crippen MR) is 59.7 cm³/mol. The zero-order chi connectivity index (χ0) is 11.0. The maximum atomic E-state index is 8.86. The van der Waals surface area contributed by atoms with Gasteiger partial charge in [-0.05, 0) is 32.0 Å². The fourth-order valence-corrected chi connectivity index (χ4v) is 0.910. The molecule has 0 aromatic heterocycles. The molecule has 14 heavy (non-hydrogen) atoms. The van der Waals surface area contributed by atoms with Crippen molar-refractivity contribution in [1.82, 2.24) is 0 Å². The fraction of sp³-hybridized carbons (Fsp3) is 0.400. The summed E-state index contributed by atoms with van der Waals surface area (Å²) in [6.07, 6.45) is 0. The lowest BCUT2D eigenvalue weighted by molar-refractivity contribution is 0.162. The molecule has 0 radical (unpaired) electrons. The van der Waals surface area contributed by atoms with E-state index >= 15 is 0 Å². The summed E-state index contributed by atoms with van der Waals surface area (Å²) in [5, 5.41) is 9.39. The molecule has 0 aliphatic heterocycles. The first-order valence-electron chi connectivity index (χ1n) is 4.43. The number of phenolic OH excluding ortho intramolecular Hbond substituents is 1. The van der Waals surface area contributed by atoms with Crippen LogP contribution in [0.5, 0.6) is 5.75 Å². The fourth-order valence-electron chi connectivity index (χ4n) is 0.730. The second kappa shape index (κ2) is 7.47. The van der Waals surface area contributed by atoms with Gasteiger partial charge < -0.3 is 15.6 Å². The Hall–Kier alpha value is -0.930. The van der Waals surface area contributed by atoms with Crippen LogP contribution in [0.25, 0.3) is 0 Å². The lowest BCUT2D eigenvalue weighted by atomic mass is 10.3. The van der Waals surface area contributed by atoms with Gasteiger partial charge in [0.05, 0.1) is 5.69 Å². The van der Waals surface area contributed by atoms with E-state index < -0.39 is 0 Å². The van der Waals surface area contributed by atoms with E-state index in [2.05, 4.69) is 0 Å². The van der Waals surface area contributed by atoms with Crippen LogP contribution in [-0.4, -0.2) is 18.3 Å². The Labute approximate surface area is 89.4 Å². The van der Waals surface area contributed by atoms with Crippen molar-refractivity contribution in [1.29, 1.82) is 0 Å². The van der Waals surface area contributed by atoms with E-state index in [9.17, 15) is 0 Å². The van der Waals surface area contributed by atoms with Gasteiger partial charge in [-0.25, -0.2) is 0 Å². The Morgan fingerprint density at radius 1 is 1.36 bits per heavy atom. The molecule has 0 bridgehead atoms. The summed E-state index contributed by atoms with van der Waals surface area (Å²) in [6.45, 7) is 5.67. The standard InChI is InChI=1S/C6H6ClNO.C4H10O/c7-4-1-2-6(9)5(8)3-4;1-3-5-4-2/h1-3,9H,8H2;3-4H2,1-2H3. The van der Waals surface area contributed by atoms with Crippen molar-refractivity contribution in [2.75, 3.05) is 18.9 Å². The molecule has 1 aromatic carbocycles. The van der Waals surface area contributed by atoms with E-state index in [0.29, 0.717) is 10.7 Å². The maximum absolute atomic E-state index is 8.86. The van der Waals surface area contributed by atoms with E-state index in [4.69, 9.17) is 27.2 Å². The molecule has 0 aliphatic rings. The normalized spacial score (nSPS) is 9.07. The van der Waals surface area contributed by atoms with Crippen molar-refractivity contribution in [2.45, 2.75) is 13.8 Å². The zero-order valence-electron chi connectivity index (χ0n) is 8.46. The van der Waals surface area contributed by atoms with Gasteiger partial charge in [-0.15, -0.1) is 0 Å². The van der Waals surface area contributed by atoms with E-state index in [0.717, 1.165) is 13.2 Å². The Kier molecular flexibility index (Phi) is 6.98. The number of phenols is 1. The van der Waals surface area contributed by atoms with Gasteiger partial charge in [-0.1, -0.05) is 11.6 Å². The maximum Gasteiger partial charge on any atom is 0.138 e. The first-order valence-corrected chi connectivity index (χ1v) is 4.81. The Bertz CT molecular complexity index is 264. The van der Waals surface area contributed by atoms with E-state index in [1.54, 1.807) is 6.07 Å². The number of aromatic hydroxyl groups is 1. The molecular formula is C10H16ClNO2. The second-order valence-corrected chi connectivity index (χ2v) is 2.92. The highest BCUT2D eigenvalue weighted by atomic mass is 35.5. The summed E-state index contributed by atoms with van der Waals surface area (Å²) < 4.78 is 4.83. The number of nitrogen functional groups attached to an aromatic ring is 1. The van der Waals surface area contributed by atoms with E-state index in [1.807, 2.05) is 13.8 Å². The molecule has 0 aliphatic carbocycles. The van der Waals surface area contributed by atoms with Crippen molar-refractivity contribution in [3.8, 4) is 5.75 Å². The molecule has 0 saturated carbocycles. The molecule has 0 saturated heterocycles. The van der Waals surface area contributed by atoms with Crippen LogP contribution in [0.4, 0.5) is 5.69 Å². The van der Waals surface area contributed by atoms with Crippen molar-refractivity contribution in [3.63, 3.8) is 0 Å². The molecule has 1 aromatic rings. The van der Waals surface area contributed by atoms with Gasteiger partial charge in [0, 0.05) is 18.2 Å². The third-order valence-electron chi connectivity index (χ3n) is 1.40. The smallest absolute Gasteiger partial charge is 0.138 e. The molecule has 80 valence electrons. The Morgan fingerprint density at radius 2 is 1.93 bits per heavy atom. The summed E-state index contributed by atoms with van der Waals surface area (Å²) >= 11 is 5.53. The van der Waals surface area contributed by atoms with Crippen LogP contribution in [0.3, 0.4) is 0 Å². The van der Waals surface area contributed by atoms with Crippen molar-refractivity contribution in [3.05, 3.63) is 23.2 Å². The van der Waals surface area contributed by atoms with Crippen LogP contribution in [-0.2, 0) is 4.74 Å². The molecule has 0 spiro atoms. The van der Waals surface area contributed by atoms with Gasteiger partial charge in [-0.2, -0.15) is 0 Å². The number of nitrogens with two attached hydrogens (primary N) is 1. The van der Waals surface area contributed by atoms with Crippen LogP contribution in [0.15, 0.2) is 18.2 Å². The highest BCUT2D eigenvalue weighted by Gasteiger charge is 1.93. The van der Waals surface area contributed by atoms with Gasteiger partial charge >= 0.3 is 0 Å². The van der Waals surface area contributed by atoms with Crippen LogP contribution >= 0.6 is 11.6 Å². The zero-order valence-corrected chi connectivity index (χ0v) is 9.21. The average Bonchev–Trinajstić information content (AvgIpc) is 2.14. The summed E-state index contributed by atoms with van der Waals surface area (Å²) in [5.74, 6) is 0.0689. The Balaban J connectivity index is 0.000000292. The first kappa shape index (κ1) is 13.1. The van der Waals surface area contributed by atoms with E-state index in [1.165, 1.54) is 12.1 Å². The van der Waals surface area contributed by atoms with E-state index in [-0.39, 0.29) is 5.75 Å². The largest absolute Gasteiger partial charge is 0.506 e. The molecule has 4 heteroatoms. The number of hydrogen-bond acceptors (Lipinski definition) is 3. The number of rotatable bonds is 2. The first-order chi connectivity index (χ1) is 6.61. The summed E-state index contributed by atoms with van der Waals surface area (Å²) in [7, 11) is 0. The van der Waals surface area contributed by atoms with Crippen LogP contribution < -0.4 is 5.73 Å². The minimum absolute atomic E-state index is 0.0689. The summed E-state index contributed by atoms with van der Waals surface area (Å²) in [5.41, 5.74) is 5.59. The molecular weight excluding hydrogens is 202 g/mol. The molecule has 0 amide bonds. The predicted octanol–water partition coefficient (Wildman–Crippen LogP) is 2.67. The highest BCUT2D eigenvalue weighted by molar-refractivity contribution is 6.30. The molecule has 0 heterocycles.